The van der Waals surface area contributed by atoms with E-state index >= 15 is 0 Å². The number of nitrogens with zero attached hydrogens (tertiary/aromatic N) is 1. The lowest BCUT2D eigenvalue weighted by Gasteiger charge is -2.09. The lowest BCUT2D eigenvalue weighted by atomic mass is 10.2. The minimum Gasteiger partial charge on any atom is -0.481 e. The fourth-order valence-corrected chi connectivity index (χ4v) is 4.61. The molecule has 2 N–H and O–H groups in total. The van der Waals surface area contributed by atoms with Gasteiger partial charge in [0.2, 0.25) is 5.91 Å². The SMILES string of the molecule is Cc1nc(SC2CCCNC(=O)C2)sc1CC(=O)O. The lowest BCUT2D eigenvalue weighted by molar-refractivity contribution is -0.136. The molecule has 19 heavy (non-hydrogen) atoms. The molecule has 2 heterocycles. The molecule has 1 atom stereocenters. The highest BCUT2D eigenvalue weighted by Crippen LogP contribution is 2.34. The van der Waals surface area contributed by atoms with Crippen LogP contribution in [0.15, 0.2) is 4.34 Å². The zero-order valence-corrected chi connectivity index (χ0v) is 12.3. The average Bonchev–Trinajstić information content (AvgIpc) is 2.53. The van der Waals surface area contributed by atoms with Gasteiger partial charge in [-0.1, -0.05) is 11.8 Å². The van der Waals surface area contributed by atoms with E-state index in [9.17, 15) is 9.59 Å². The predicted octanol–water partition coefficient (Wildman–Crippen LogP) is 1.84. The van der Waals surface area contributed by atoms with Crippen LogP contribution in [-0.4, -0.2) is 33.8 Å². The molecule has 7 heteroatoms. The first kappa shape index (κ1) is 14.3. The van der Waals surface area contributed by atoms with Gasteiger partial charge >= 0.3 is 5.97 Å². The molecule has 1 saturated heterocycles. The van der Waals surface area contributed by atoms with Crippen molar-refractivity contribution in [3.05, 3.63) is 10.6 Å². The van der Waals surface area contributed by atoms with Crippen molar-refractivity contribution in [1.82, 2.24) is 10.3 Å². The van der Waals surface area contributed by atoms with Gasteiger partial charge in [-0.3, -0.25) is 9.59 Å². The molecular formula is C12H16N2O3S2. The second-order valence-electron chi connectivity index (χ2n) is 4.50. The number of aryl methyl sites for hydroxylation is 1. The average molecular weight is 300 g/mol. The molecule has 0 bridgehead atoms. The highest BCUT2D eigenvalue weighted by Gasteiger charge is 2.20. The first-order valence-electron chi connectivity index (χ1n) is 6.16. The van der Waals surface area contributed by atoms with Crippen LogP contribution in [0.4, 0.5) is 0 Å². The standard InChI is InChI=1S/C12H16N2O3S2/c1-7-9(6-11(16)17)19-12(14-7)18-8-3-2-4-13-10(15)5-8/h8H,2-6H2,1H3,(H,13,15)(H,16,17). The number of thioether (sulfide) groups is 1. The third-order valence-corrected chi connectivity index (χ3v) is 5.41. The van der Waals surface area contributed by atoms with E-state index in [2.05, 4.69) is 10.3 Å². The summed E-state index contributed by atoms with van der Waals surface area (Å²) in [6.07, 6.45) is 2.50. The molecular weight excluding hydrogens is 284 g/mol. The van der Waals surface area contributed by atoms with Crippen molar-refractivity contribution in [1.29, 1.82) is 0 Å². The number of carboxylic acids is 1. The van der Waals surface area contributed by atoms with E-state index in [1.165, 1.54) is 11.3 Å². The molecule has 1 aromatic heterocycles. The van der Waals surface area contributed by atoms with Gasteiger partial charge in [0.1, 0.15) is 0 Å². The summed E-state index contributed by atoms with van der Waals surface area (Å²) in [5, 5.41) is 11.9. The number of amides is 1. The second kappa shape index (κ2) is 6.38. The Kier molecular flexibility index (Phi) is 4.81. The minimum absolute atomic E-state index is 0.0230. The number of carbonyl (C=O) groups is 2. The number of hydrogen-bond acceptors (Lipinski definition) is 5. The Morgan fingerprint density at radius 3 is 3.16 bits per heavy atom. The zero-order valence-electron chi connectivity index (χ0n) is 10.6. The van der Waals surface area contributed by atoms with Crippen molar-refractivity contribution in [2.45, 2.75) is 42.2 Å². The Bertz CT molecular complexity index is 487. The Hall–Kier alpha value is -1.08. The Morgan fingerprint density at radius 2 is 2.42 bits per heavy atom. The van der Waals surface area contributed by atoms with Crippen LogP contribution in [0.3, 0.4) is 0 Å². The second-order valence-corrected chi connectivity index (χ2v) is 7.13. The highest BCUT2D eigenvalue weighted by atomic mass is 32.2. The van der Waals surface area contributed by atoms with Crippen LogP contribution >= 0.6 is 23.1 Å². The van der Waals surface area contributed by atoms with Gasteiger partial charge in [0.05, 0.1) is 12.1 Å². The van der Waals surface area contributed by atoms with Gasteiger partial charge in [-0.2, -0.15) is 0 Å². The molecule has 1 amide bonds. The molecule has 1 aromatic rings. The van der Waals surface area contributed by atoms with Crippen LogP contribution in [0.1, 0.15) is 29.8 Å². The number of rotatable bonds is 4. The van der Waals surface area contributed by atoms with Crippen LogP contribution in [0.5, 0.6) is 0 Å². The molecule has 104 valence electrons. The van der Waals surface area contributed by atoms with Gasteiger partial charge in [-0.25, -0.2) is 4.98 Å². The number of thiazole rings is 1. The van der Waals surface area contributed by atoms with E-state index < -0.39 is 5.97 Å². The molecule has 0 spiro atoms. The number of aromatic nitrogens is 1. The number of hydrogen-bond donors (Lipinski definition) is 2. The normalized spacial score (nSPS) is 19.8. The van der Waals surface area contributed by atoms with E-state index in [4.69, 9.17) is 5.11 Å². The summed E-state index contributed by atoms with van der Waals surface area (Å²) >= 11 is 3.03. The summed E-state index contributed by atoms with van der Waals surface area (Å²) in [7, 11) is 0. The van der Waals surface area contributed by atoms with Crippen LogP contribution in [0.25, 0.3) is 0 Å². The maximum Gasteiger partial charge on any atom is 0.308 e. The quantitative estimate of drug-likeness (QED) is 0.887. The molecule has 0 radical (unpaired) electrons. The summed E-state index contributed by atoms with van der Waals surface area (Å²) in [6, 6.07) is 0. The van der Waals surface area contributed by atoms with Crippen molar-refractivity contribution >= 4 is 35.0 Å². The summed E-state index contributed by atoms with van der Waals surface area (Å²) in [5.41, 5.74) is 0.785. The lowest BCUT2D eigenvalue weighted by Crippen LogP contribution is -2.22. The van der Waals surface area contributed by atoms with Crippen molar-refractivity contribution in [3.8, 4) is 0 Å². The molecule has 1 unspecified atom stereocenters. The van der Waals surface area contributed by atoms with Gasteiger partial charge in [0, 0.05) is 23.1 Å². The maximum atomic E-state index is 11.5. The molecule has 2 rings (SSSR count). The van der Waals surface area contributed by atoms with E-state index in [-0.39, 0.29) is 17.6 Å². The molecule has 1 aliphatic heterocycles. The first-order valence-corrected chi connectivity index (χ1v) is 7.85. The Balaban J connectivity index is 2.02. The Labute approximate surface area is 119 Å². The molecule has 0 aliphatic carbocycles. The monoisotopic (exact) mass is 300 g/mol. The van der Waals surface area contributed by atoms with Crippen molar-refractivity contribution < 1.29 is 14.7 Å². The van der Waals surface area contributed by atoms with E-state index in [1.54, 1.807) is 11.8 Å². The summed E-state index contributed by atoms with van der Waals surface area (Å²) in [4.78, 5) is 27.4. The number of aliphatic carboxylic acids is 1. The minimum atomic E-state index is -0.836. The van der Waals surface area contributed by atoms with Gasteiger partial charge < -0.3 is 10.4 Å². The van der Waals surface area contributed by atoms with Crippen LogP contribution in [0, 0.1) is 6.92 Å². The molecule has 5 nitrogen and oxygen atoms in total. The van der Waals surface area contributed by atoms with Gasteiger partial charge in [0.15, 0.2) is 4.34 Å². The number of nitrogens with one attached hydrogen (secondary N) is 1. The maximum absolute atomic E-state index is 11.5. The summed E-state index contributed by atoms with van der Waals surface area (Å²) in [5.74, 6) is -0.744. The number of carboxylic acid groups (broad SMARTS) is 1. The zero-order chi connectivity index (χ0) is 13.8. The topological polar surface area (TPSA) is 79.3 Å². The summed E-state index contributed by atoms with van der Waals surface area (Å²) < 4.78 is 0.869. The molecule has 0 aromatic carbocycles. The highest BCUT2D eigenvalue weighted by molar-refractivity contribution is 8.01. The van der Waals surface area contributed by atoms with Crippen molar-refractivity contribution in [2.24, 2.45) is 0 Å². The molecule has 1 aliphatic rings. The van der Waals surface area contributed by atoms with E-state index in [0.29, 0.717) is 6.42 Å². The fraction of sp³-hybridized carbons (Fsp3) is 0.583. The smallest absolute Gasteiger partial charge is 0.308 e. The molecule has 0 saturated carbocycles. The third-order valence-electron chi connectivity index (χ3n) is 2.89. The summed E-state index contributed by atoms with van der Waals surface area (Å²) in [6.45, 7) is 2.58. The van der Waals surface area contributed by atoms with Gasteiger partial charge in [-0.05, 0) is 19.8 Å². The largest absolute Gasteiger partial charge is 0.481 e. The number of carbonyl (C=O) groups excluding carboxylic acids is 1. The van der Waals surface area contributed by atoms with Gasteiger partial charge in [-0.15, -0.1) is 11.3 Å². The van der Waals surface area contributed by atoms with Crippen LogP contribution in [0.2, 0.25) is 0 Å². The fourth-order valence-electron chi connectivity index (χ4n) is 1.93. The van der Waals surface area contributed by atoms with Crippen molar-refractivity contribution in [3.63, 3.8) is 0 Å². The molecule has 1 fully saturated rings. The van der Waals surface area contributed by atoms with Crippen LogP contribution in [-0.2, 0) is 16.0 Å². The van der Waals surface area contributed by atoms with Crippen molar-refractivity contribution in [2.75, 3.05) is 6.54 Å². The third kappa shape index (κ3) is 4.21. The van der Waals surface area contributed by atoms with E-state index in [1.807, 2.05) is 6.92 Å². The van der Waals surface area contributed by atoms with Gasteiger partial charge in [0.25, 0.3) is 0 Å². The first-order chi connectivity index (χ1) is 9.04. The van der Waals surface area contributed by atoms with E-state index in [0.717, 1.165) is 34.3 Å². The van der Waals surface area contributed by atoms with Crippen LogP contribution < -0.4 is 5.32 Å². The Morgan fingerprint density at radius 1 is 1.63 bits per heavy atom. The predicted molar refractivity (Wildman–Crippen MR) is 74.7 cm³/mol.